The summed E-state index contributed by atoms with van der Waals surface area (Å²) in [5.74, 6) is -23.5. The van der Waals surface area contributed by atoms with Crippen LogP contribution in [0.4, 0.5) is 65.9 Å². The first-order valence-corrected chi connectivity index (χ1v) is 5.32. The Morgan fingerprint density at radius 2 is 1.00 bits per heavy atom. The number of rotatable bonds is 2. The molecule has 1 aliphatic carbocycles. The number of alkyl halides is 14. The van der Waals surface area contributed by atoms with Gasteiger partial charge in [0.2, 0.25) is 0 Å². The summed E-state index contributed by atoms with van der Waals surface area (Å²) in [6, 6.07) is 0. The third kappa shape index (κ3) is 2.63. The van der Waals surface area contributed by atoms with E-state index in [0.29, 0.717) is 0 Å². The van der Waals surface area contributed by atoms with Crippen molar-refractivity contribution < 1.29 is 70.6 Å². The van der Waals surface area contributed by atoms with Gasteiger partial charge in [0.15, 0.2) is 5.83 Å². The Morgan fingerprint density at radius 3 is 1.20 bits per heavy atom. The van der Waals surface area contributed by atoms with E-state index < -0.39 is 53.7 Å². The van der Waals surface area contributed by atoms with Crippen LogP contribution in [0, 0.1) is 0 Å². The van der Waals surface area contributed by atoms with Crippen molar-refractivity contribution in [2.45, 2.75) is 41.8 Å². The van der Waals surface area contributed by atoms with Gasteiger partial charge in [0, 0.05) is 6.08 Å². The quantitative estimate of drug-likeness (QED) is 0.567. The van der Waals surface area contributed by atoms with E-state index in [0.717, 1.165) is 0 Å². The second kappa shape index (κ2) is 5.09. The van der Waals surface area contributed by atoms with E-state index in [1.165, 1.54) is 0 Å². The maximum Gasteiger partial charge on any atom is 0.435 e. The lowest BCUT2D eigenvalue weighted by molar-refractivity contribution is -0.497. The smallest absolute Gasteiger partial charge is 0.303 e. The molecule has 0 N–H and O–H groups in total. The average molecular weight is 410 g/mol. The molecule has 148 valence electrons. The van der Waals surface area contributed by atoms with Crippen LogP contribution in [0.5, 0.6) is 0 Å². The largest absolute Gasteiger partial charge is 0.435 e. The third-order valence-corrected chi connectivity index (χ3v) is 2.93. The molecule has 1 aliphatic rings. The molecule has 0 bridgehead atoms. The summed E-state index contributed by atoms with van der Waals surface area (Å²) in [5.41, 5.74) is -7.73. The number of ether oxygens (including phenoxy) is 1. The van der Waals surface area contributed by atoms with Crippen molar-refractivity contribution in [2.75, 3.05) is 0 Å². The van der Waals surface area contributed by atoms with Crippen LogP contribution in [0.1, 0.15) is 0 Å². The van der Waals surface area contributed by atoms with Crippen LogP contribution in [-0.2, 0) is 4.74 Å². The highest BCUT2D eigenvalue weighted by molar-refractivity contribution is 5.29. The molecule has 0 aromatic rings. The van der Waals surface area contributed by atoms with Crippen LogP contribution < -0.4 is 0 Å². The van der Waals surface area contributed by atoms with E-state index in [9.17, 15) is 65.9 Å². The topological polar surface area (TPSA) is 9.23 Å². The molecule has 0 amide bonds. The second-order valence-electron chi connectivity index (χ2n) is 4.56. The van der Waals surface area contributed by atoms with E-state index in [2.05, 4.69) is 0 Å². The molecule has 0 aliphatic heterocycles. The zero-order valence-electron chi connectivity index (χ0n) is 10.7. The van der Waals surface area contributed by atoms with Crippen molar-refractivity contribution in [3.8, 4) is 0 Å². The van der Waals surface area contributed by atoms with Crippen LogP contribution in [-0.4, -0.2) is 41.8 Å². The fraction of sp³-hybridized carbons (Fsp3) is 0.778. The first-order valence-electron chi connectivity index (χ1n) is 5.32. The molecule has 0 spiro atoms. The number of allylic oxidation sites excluding steroid dienone is 1. The molecule has 16 heteroatoms. The lowest BCUT2D eigenvalue weighted by atomic mass is 10.00. The van der Waals surface area contributed by atoms with Crippen LogP contribution in [0.2, 0.25) is 0 Å². The number of halogens is 15. The fourth-order valence-corrected chi connectivity index (χ4v) is 1.69. The van der Waals surface area contributed by atoms with Gasteiger partial charge in [-0.2, -0.15) is 61.5 Å². The van der Waals surface area contributed by atoms with Gasteiger partial charge in [0.25, 0.3) is 0 Å². The van der Waals surface area contributed by atoms with E-state index in [1.807, 2.05) is 4.74 Å². The average Bonchev–Trinajstić information content (AvgIpc) is 2.39. The highest BCUT2D eigenvalue weighted by Crippen LogP contribution is 2.63. The molecule has 0 aromatic heterocycles. The van der Waals surface area contributed by atoms with Crippen LogP contribution >= 0.6 is 0 Å². The van der Waals surface area contributed by atoms with Gasteiger partial charge in [-0.25, -0.2) is 4.39 Å². The highest BCUT2D eigenvalue weighted by Gasteiger charge is 2.91. The van der Waals surface area contributed by atoms with Crippen molar-refractivity contribution in [3.05, 3.63) is 11.9 Å². The Kier molecular flexibility index (Phi) is 4.42. The Hall–Kier alpha value is -1.35. The van der Waals surface area contributed by atoms with Crippen LogP contribution in [0.3, 0.4) is 0 Å². The summed E-state index contributed by atoms with van der Waals surface area (Å²) in [6.07, 6.45) is -25.0. The minimum atomic E-state index is -7.74. The molecule has 1 nitrogen and oxygen atoms in total. The summed E-state index contributed by atoms with van der Waals surface area (Å²) in [6.45, 7) is 0. The molecule has 1 unspecified atom stereocenters. The predicted molar refractivity (Wildman–Crippen MR) is 44.9 cm³/mol. The Labute approximate surface area is 126 Å². The Balaban J connectivity index is 3.76. The standard InChI is InChI=1S/C9HF15O/c10-2-1-3(11,12)6(14,15)4(2,13)25-5(7(16,17)18,8(19,20)21)9(22,23)24/h1H. The third-order valence-electron chi connectivity index (χ3n) is 2.93. The molecule has 0 radical (unpaired) electrons. The number of hydrogen-bond donors (Lipinski definition) is 0. The summed E-state index contributed by atoms with van der Waals surface area (Å²) in [5, 5.41) is 0. The second-order valence-corrected chi connectivity index (χ2v) is 4.56. The minimum absolute atomic E-state index is 1.79. The van der Waals surface area contributed by atoms with Gasteiger partial charge in [-0.3, -0.25) is 0 Å². The number of hydrogen-bond acceptors (Lipinski definition) is 1. The molecule has 25 heavy (non-hydrogen) atoms. The highest BCUT2D eigenvalue weighted by atomic mass is 19.4. The van der Waals surface area contributed by atoms with Gasteiger partial charge in [-0.15, -0.1) is 0 Å². The SMILES string of the molecule is FC1=CC(F)(F)C(F)(F)C1(F)OC(C(F)(F)F)(C(F)(F)F)C(F)(F)F. The first kappa shape index (κ1) is 21.7. The monoisotopic (exact) mass is 410 g/mol. The Bertz CT molecular complexity index is 527. The lowest BCUT2D eigenvalue weighted by Crippen LogP contribution is -2.72. The maximum absolute atomic E-state index is 13.7. The molecular weight excluding hydrogens is 409 g/mol. The fourth-order valence-electron chi connectivity index (χ4n) is 1.69. The summed E-state index contributed by atoms with van der Waals surface area (Å²) in [7, 11) is 0. The normalized spacial score (nSPS) is 27.4. The zero-order valence-corrected chi connectivity index (χ0v) is 10.7. The van der Waals surface area contributed by atoms with Gasteiger partial charge >= 0.3 is 41.8 Å². The van der Waals surface area contributed by atoms with Gasteiger partial charge in [-0.1, -0.05) is 0 Å². The van der Waals surface area contributed by atoms with E-state index in [4.69, 9.17) is 0 Å². The van der Waals surface area contributed by atoms with Crippen LogP contribution in [0.25, 0.3) is 0 Å². The van der Waals surface area contributed by atoms with Gasteiger partial charge in [0.05, 0.1) is 0 Å². The molecule has 0 heterocycles. The van der Waals surface area contributed by atoms with Crippen LogP contribution in [0.15, 0.2) is 11.9 Å². The van der Waals surface area contributed by atoms with Crippen molar-refractivity contribution in [1.29, 1.82) is 0 Å². The molecule has 0 saturated heterocycles. The maximum atomic E-state index is 13.7. The summed E-state index contributed by atoms with van der Waals surface area (Å²) < 4.78 is 192. The molecule has 1 atom stereocenters. The Morgan fingerprint density at radius 1 is 0.680 bits per heavy atom. The predicted octanol–water partition coefficient (Wildman–Crippen LogP) is 5.23. The van der Waals surface area contributed by atoms with E-state index in [-0.39, 0.29) is 0 Å². The lowest BCUT2D eigenvalue weighted by Gasteiger charge is -2.42. The van der Waals surface area contributed by atoms with Gasteiger partial charge in [-0.05, 0) is 0 Å². The molecule has 1 rings (SSSR count). The van der Waals surface area contributed by atoms with E-state index >= 15 is 0 Å². The summed E-state index contributed by atoms with van der Waals surface area (Å²) >= 11 is 0. The van der Waals surface area contributed by atoms with Gasteiger partial charge < -0.3 is 4.74 Å². The summed E-state index contributed by atoms with van der Waals surface area (Å²) in [4.78, 5) is 0. The first-order chi connectivity index (χ1) is 10.6. The zero-order chi connectivity index (χ0) is 20.5. The van der Waals surface area contributed by atoms with E-state index in [1.54, 1.807) is 0 Å². The minimum Gasteiger partial charge on any atom is -0.303 e. The molecule has 0 aromatic carbocycles. The molecule has 0 saturated carbocycles. The van der Waals surface area contributed by atoms with Crippen molar-refractivity contribution in [1.82, 2.24) is 0 Å². The van der Waals surface area contributed by atoms with Gasteiger partial charge in [0.1, 0.15) is 0 Å². The van der Waals surface area contributed by atoms with Crippen molar-refractivity contribution in [3.63, 3.8) is 0 Å². The molecular formula is C9HF15O. The molecule has 0 fully saturated rings. The van der Waals surface area contributed by atoms with Crippen molar-refractivity contribution >= 4 is 0 Å². The van der Waals surface area contributed by atoms with Crippen molar-refractivity contribution in [2.24, 2.45) is 0 Å².